The largest absolute Gasteiger partial charge is 0.472 e. The molecule has 19 heteroatoms. The summed E-state index contributed by atoms with van der Waals surface area (Å²) in [7, 11) is -9.91. The summed E-state index contributed by atoms with van der Waals surface area (Å²) in [6.07, 6.45) is 58.0. The normalized spacial score (nSPS) is 13.9. The number of rotatable bonds is 76. The van der Waals surface area contributed by atoms with Crippen molar-refractivity contribution in [2.45, 2.75) is 419 Å². The van der Waals surface area contributed by atoms with Gasteiger partial charge in [0.15, 0.2) is 12.2 Å². The van der Waals surface area contributed by atoms with E-state index in [1.165, 1.54) is 225 Å². The second-order valence-corrected chi connectivity index (χ2v) is 30.8. The molecule has 0 aliphatic rings. The molecule has 0 aromatic carbocycles. The van der Waals surface area contributed by atoms with Crippen LogP contribution in [0.1, 0.15) is 401 Å². The average Bonchev–Trinajstić information content (AvgIpc) is 2.68. The molecule has 0 saturated heterocycles. The van der Waals surface area contributed by atoms with E-state index in [1.54, 1.807) is 0 Å². The van der Waals surface area contributed by atoms with Crippen molar-refractivity contribution in [3.63, 3.8) is 0 Å². The standard InChI is InChI=1S/C76H148O17P2/c1-6-9-12-15-18-21-24-27-28-31-36-40-45-50-55-60-74(79)87-66-72(93-76(81)62-57-52-47-42-37-32-29-30-33-38-43-48-53-58-69(4)5)68-91-95(84,85)89-64-70(77)63-88-94(82,83)90-67-71(92-75(80)61-56-51-46-41-35-26-23-20-17-14-11-8-3)65-86-73(78)59-54-49-44-39-34-25-22-19-16-13-10-7-2/h69-72,77H,6-68H2,1-5H3,(H,82,83)(H,84,85)/t70-,71+,72+/m0/s1. The highest BCUT2D eigenvalue weighted by atomic mass is 31.2. The van der Waals surface area contributed by atoms with Gasteiger partial charge in [-0.1, -0.05) is 349 Å². The highest BCUT2D eigenvalue weighted by molar-refractivity contribution is 7.47. The lowest BCUT2D eigenvalue weighted by atomic mass is 10.0. The number of ether oxygens (including phenoxy) is 4. The molecule has 5 atom stereocenters. The van der Waals surface area contributed by atoms with Gasteiger partial charge in [0.1, 0.15) is 19.3 Å². The van der Waals surface area contributed by atoms with E-state index in [4.69, 9.17) is 37.0 Å². The fourth-order valence-electron chi connectivity index (χ4n) is 11.7. The van der Waals surface area contributed by atoms with Gasteiger partial charge >= 0.3 is 39.5 Å². The molecule has 0 aromatic rings. The molecule has 0 heterocycles. The Bertz CT molecular complexity index is 1820. The monoisotopic (exact) mass is 1400 g/mol. The van der Waals surface area contributed by atoms with E-state index in [1.807, 2.05) is 0 Å². The minimum atomic E-state index is -4.96. The summed E-state index contributed by atoms with van der Waals surface area (Å²) < 4.78 is 68.6. The van der Waals surface area contributed by atoms with E-state index in [0.717, 1.165) is 95.8 Å². The Morgan fingerprint density at radius 3 is 0.716 bits per heavy atom. The second-order valence-electron chi connectivity index (χ2n) is 27.9. The van der Waals surface area contributed by atoms with Gasteiger partial charge in [-0.2, -0.15) is 0 Å². The Morgan fingerprint density at radius 2 is 0.484 bits per heavy atom. The number of hydrogen-bond donors (Lipinski definition) is 3. The van der Waals surface area contributed by atoms with Crippen LogP contribution in [0.2, 0.25) is 0 Å². The van der Waals surface area contributed by atoms with Crippen LogP contribution in [-0.4, -0.2) is 96.7 Å². The van der Waals surface area contributed by atoms with E-state index in [-0.39, 0.29) is 25.7 Å². The molecule has 2 unspecified atom stereocenters. The topological polar surface area (TPSA) is 237 Å². The van der Waals surface area contributed by atoms with Gasteiger partial charge in [-0.05, 0) is 31.6 Å². The number of unbranched alkanes of at least 4 members (excludes halogenated alkanes) is 48. The lowest BCUT2D eigenvalue weighted by Gasteiger charge is -2.21. The number of aliphatic hydroxyl groups is 1. The molecule has 0 spiro atoms. The molecule has 95 heavy (non-hydrogen) atoms. The molecule has 0 aliphatic heterocycles. The van der Waals surface area contributed by atoms with Crippen LogP contribution in [0.3, 0.4) is 0 Å². The van der Waals surface area contributed by atoms with Gasteiger partial charge in [0, 0.05) is 25.7 Å². The Morgan fingerprint density at radius 1 is 0.284 bits per heavy atom. The Hall–Kier alpha value is -1.94. The van der Waals surface area contributed by atoms with Crippen molar-refractivity contribution in [1.29, 1.82) is 0 Å². The summed E-state index contributed by atoms with van der Waals surface area (Å²) in [6.45, 7) is 7.32. The van der Waals surface area contributed by atoms with Crippen molar-refractivity contribution in [2.75, 3.05) is 39.6 Å². The summed E-state index contributed by atoms with van der Waals surface area (Å²) in [5.74, 6) is -1.32. The van der Waals surface area contributed by atoms with Crippen LogP contribution < -0.4 is 0 Å². The molecule has 0 bridgehead atoms. The molecular weight excluding hydrogens is 1250 g/mol. The predicted octanol–water partition coefficient (Wildman–Crippen LogP) is 22.5. The van der Waals surface area contributed by atoms with E-state index in [0.29, 0.717) is 25.7 Å². The van der Waals surface area contributed by atoms with E-state index < -0.39 is 97.5 Å². The fraction of sp³-hybridized carbons (Fsp3) is 0.947. The Kier molecular flexibility index (Phi) is 67.7. The number of aliphatic hydroxyl groups excluding tert-OH is 1. The van der Waals surface area contributed by atoms with Gasteiger partial charge in [0.05, 0.1) is 26.4 Å². The maximum Gasteiger partial charge on any atom is 0.472 e. The van der Waals surface area contributed by atoms with Crippen molar-refractivity contribution < 1.29 is 80.2 Å². The van der Waals surface area contributed by atoms with Gasteiger partial charge in [0.25, 0.3) is 0 Å². The van der Waals surface area contributed by atoms with Crippen molar-refractivity contribution in [3.8, 4) is 0 Å². The van der Waals surface area contributed by atoms with Crippen LogP contribution in [-0.2, 0) is 65.4 Å². The quantitative estimate of drug-likeness (QED) is 0.0222. The van der Waals surface area contributed by atoms with Crippen LogP contribution in [0.5, 0.6) is 0 Å². The number of carbonyl (C=O) groups excluding carboxylic acids is 4. The van der Waals surface area contributed by atoms with Crippen LogP contribution in [0.15, 0.2) is 0 Å². The molecular formula is C76H148O17P2. The number of esters is 4. The van der Waals surface area contributed by atoms with Gasteiger partial charge in [0.2, 0.25) is 0 Å². The van der Waals surface area contributed by atoms with Crippen LogP contribution in [0, 0.1) is 5.92 Å². The zero-order valence-corrected chi connectivity index (χ0v) is 63.6. The highest BCUT2D eigenvalue weighted by Crippen LogP contribution is 2.45. The molecule has 0 amide bonds. The molecule has 564 valence electrons. The smallest absolute Gasteiger partial charge is 0.462 e. The maximum absolute atomic E-state index is 13.1. The first kappa shape index (κ1) is 93.1. The first-order valence-electron chi connectivity index (χ1n) is 39.6. The molecule has 0 radical (unpaired) electrons. The summed E-state index contributed by atoms with van der Waals surface area (Å²) in [5.41, 5.74) is 0. The van der Waals surface area contributed by atoms with Crippen LogP contribution in [0.4, 0.5) is 0 Å². The molecule has 0 fully saturated rings. The Balaban J connectivity index is 5.25. The zero-order valence-electron chi connectivity index (χ0n) is 61.8. The molecule has 0 aliphatic carbocycles. The summed E-state index contributed by atoms with van der Waals surface area (Å²) in [6, 6.07) is 0. The van der Waals surface area contributed by atoms with Crippen molar-refractivity contribution in [3.05, 3.63) is 0 Å². The van der Waals surface area contributed by atoms with Gasteiger partial charge < -0.3 is 33.8 Å². The third-order valence-corrected chi connectivity index (χ3v) is 19.7. The summed E-state index contributed by atoms with van der Waals surface area (Å²) in [4.78, 5) is 72.8. The van der Waals surface area contributed by atoms with E-state index in [2.05, 4.69) is 34.6 Å². The van der Waals surface area contributed by atoms with Crippen LogP contribution >= 0.6 is 15.6 Å². The minimum Gasteiger partial charge on any atom is -0.462 e. The minimum absolute atomic E-state index is 0.108. The predicted molar refractivity (Wildman–Crippen MR) is 386 cm³/mol. The van der Waals surface area contributed by atoms with Crippen LogP contribution in [0.25, 0.3) is 0 Å². The third kappa shape index (κ3) is 70.3. The SMILES string of the molecule is CCCCCCCCCCCCCCCCCC(=O)OC[C@H](COP(=O)(O)OC[C@@H](O)COP(=O)(O)OC[C@@H](COC(=O)CCCCCCCCCCCCCC)OC(=O)CCCCCCCCCCCCCC)OC(=O)CCCCCCCCCCCCCCCC(C)C. The van der Waals surface area contributed by atoms with Gasteiger partial charge in [-0.3, -0.25) is 37.3 Å². The molecule has 0 aromatic heterocycles. The third-order valence-electron chi connectivity index (χ3n) is 17.8. The van der Waals surface area contributed by atoms with Crippen molar-refractivity contribution in [2.24, 2.45) is 5.92 Å². The van der Waals surface area contributed by atoms with Gasteiger partial charge in [-0.15, -0.1) is 0 Å². The number of phosphoric acid groups is 2. The fourth-order valence-corrected chi connectivity index (χ4v) is 13.3. The molecule has 0 saturated carbocycles. The summed E-state index contributed by atoms with van der Waals surface area (Å²) in [5, 5.41) is 10.6. The van der Waals surface area contributed by atoms with Crippen molar-refractivity contribution in [1.82, 2.24) is 0 Å². The Labute approximate surface area is 581 Å². The second kappa shape index (κ2) is 69.2. The lowest BCUT2D eigenvalue weighted by Crippen LogP contribution is -2.30. The average molecular weight is 1400 g/mol. The first-order chi connectivity index (χ1) is 46.0. The highest BCUT2D eigenvalue weighted by Gasteiger charge is 2.30. The first-order valence-corrected chi connectivity index (χ1v) is 42.6. The van der Waals surface area contributed by atoms with E-state index in [9.17, 15) is 43.2 Å². The number of phosphoric ester groups is 2. The van der Waals surface area contributed by atoms with Crippen molar-refractivity contribution >= 4 is 39.5 Å². The summed E-state index contributed by atoms with van der Waals surface area (Å²) >= 11 is 0. The van der Waals surface area contributed by atoms with Gasteiger partial charge in [-0.25, -0.2) is 9.13 Å². The van der Waals surface area contributed by atoms with E-state index >= 15 is 0 Å². The lowest BCUT2D eigenvalue weighted by molar-refractivity contribution is -0.161. The molecule has 17 nitrogen and oxygen atoms in total. The molecule has 0 rings (SSSR count). The molecule has 3 N–H and O–H groups in total. The zero-order chi connectivity index (χ0) is 69.8. The number of hydrogen-bond acceptors (Lipinski definition) is 15. The number of carbonyl (C=O) groups is 4. The maximum atomic E-state index is 13.1.